The Balaban J connectivity index is 2.02. The Labute approximate surface area is 153 Å². The summed E-state index contributed by atoms with van der Waals surface area (Å²) in [5.41, 5.74) is 7.13. The number of carbonyl (C=O) groups is 2. The number of amides is 2. The van der Waals surface area contributed by atoms with E-state index in [1.54, 1.807) is 69.6 Å². The van der Waals surface area contributed by atoms with Gasteiger partial charge in [-0.3, -0.25) is 9.78 Å². The molecule has 0 aliphatic carbocycles. The van der Waals surface area contributed by atoms with Crippen molar-refractivity contribution in [1.29, 1.82) is 0 Å². The fourth-order valence-electron chi connectivity index (χ4n) is 2.23. The number of alkyl carbamates (subject to hydrolysis) is 1. The minimum absolute atomic E-state index is 0.210. The molecule has 0 aliphatic rings. The summed E-state index contributed by atoms with van der Waals surface area (Å²) < 4.78 is 5.25. The minimum atomic E-state index is -0.585. The third kappa shape index (κ3) is 5.86. The summed E-state index contributed by atoms with van der Waals surface area (Å²) in [6.07, 6.45) is 2.67. The second kappa shape index (κ2) is 8.44. The van der Waals surface area contributed by atoms with E-state index in [1.165, 1.54) is 0 Å². The van der Waals surface area contributed by atoms with Crippen molar-refractivity contribution in [2.45, 2.75) is 32.4 Å². The molecule has 2 amide bonds. The third-order valence-electron chi connectivity index (χ3n) is 3.44. The molecule has 4 N–H and O–H groups in total. The largest absolute Gasteiger partial charge is 0.444 e. The molecule has 1 atom stereocenters. The van der Waals surface area contributed by atoms with Gasteiger partial charge < -0.3 is 21.1 Å². The number of ether oxygens (including phenoxy) is 1. The quantitative estimate of drug-likeness (QED) is 0.764. The summed E-state index contributed by atoms with van der Waals surface area (Å²) in [5.74, 6) is -0.229. The Bertz CT molecular complexity index is 740. The van der Waals surface area contributed by atoms with Crippen molar-refractivity contribution < 1.29 is 14.3 Å². The molecule has 1 aromatic heterocycles. The fourth-order valence-corrected chi connectivity index (χ4v) is 2.23. The van der Waals surface area contributed by atoms with Crippen LogP contribution in [0.1, 0.15) is 42.7 Å². The average Bonchev–Trinajstić information content (AvgIpc) is 2.59. The number of nitrogens with one attached hydrogen (secondary N) is 2. The molecule has 1 aromatic carbocycles. The lowest BCUT2D eigenvalue weighted by Crippen LogP contribution is -2.37. The predicted octanol–water partition coefficient (Wildman–Crippen LogP) is 2.86. The lowest BCUT2D eigenvalue weighted by molar-refractivity contribution is 0.0505. The normalized spacial score (nSPS) is 12.2. The molecule has 0 aliphatic heterocycles. The SMILES string of the molecule is CC(C)(C)OC(=O)NC(CN)c1ccc(C(=O)Nc2ccncc2)cc1. The van der Waals surface area contributed by atoms with Crippen molar-refractivity contribution >= 4 is 17.7 Å². The van der Waals surface area contributed by atoms with Gasteiger partial charge in [-0.25, -0.2) is 4.79 Å². The molecular formula is C19H24N4O3. The molecule has 0 saturated carbocycles. The summed E-state index contributed by atoms with van der Waals surface area (Å²) in [6, 6.07) is 9.91. The van der Waals surface area contributed by atoms with Gasteiger partial charge in [-0.1, -0.05) is 12.1 Å². The van der Waals surface area contributed by atoms with E-state index in [1.807, 2.05) is 0 Å². The Morgan fingerprint density at radius 2 is 1.73 bits per heavy atom. The number of rotatable bonds is 5. The smallest absolute Gasteiger partial charge is 0.408 e. The van der Waals surface area contributed by atoms with Crippen LogP contribution in [-0.2, 0) is 4.74 Å². The zero-order chi connectivity index (χ0) is 19.2. The van der Waals surface area contributed by atoms with Crippen LogP contribution < -0.4 is 16.4 Å². The van der Waals surface area contributed by atoms with Gasteiger partial charge in [0.2, 0.25) is 0 Å². The standard InChI is InChI=1S/C19H24N4O3/c1-19(2,3)26-18(25)23-16(12-20)13-4-6-14(7-5-13)17(24)22-15-8-10-21-11-9-15/h4-11,16H,12,20H2,1-3H3,(H,23,25)(H,21,22,24). The molecule has 2 aromatic rings. The molecule has 0 spiro atoms. The van der Waals surface area contributed by atoms with Gasteiger partial charge in [-0.2, -0.15) is 0 Å². The van der Waals surface area contributed by atoms with Crippen LogP contribution in [0.15, 0.2) is 48.8 Å². The molecular weight excluding hydrogens is 332 g/mol. The summed E-state index contributed by atoms with van der Waals surface area (Å²) in [5, 5.41) is 5.52. The molecule has 0 fully saturated rings. The van der Waals surface area contributed by atoms with Gasteiger partial charge in [-0.05, 0) is 50.6 Å². The second-order valence-electron chi connectivity index (χ2n) is 6.75. The van der Waals surface area contributed by atoms with Gasteiger partial charge in [0.05, 0.1) is 6.04 Å². The molecule has 2 rings (SSSR count). The zero-order valence-electron chi connectivity index (χ0n) is 15.2. The average molecular weight is 356 g/mol. The van der Waals surface area contributed by atoms with Crippen LogP contribution >= 0.6 is 0 Å². The van der Waals surface area contributed by atoms with Crippen LogP contribution in [0.2, 0.25) is 0 Å². The number of hydrogen-bond donors (Lipinski definition) is 3. The molecule has 26 heavy (non-hydrogen) atoms. The van der Waals surface area contributed by atoms with Crippen LogP contribution in [-0.4, -0.2) is 29.1 Å². The van der Waals surface area contributed by atoms with Crippen molar-refractivity contribution in [3.63, 3.8) is 0 Å². The fraction of sp³-hybridized carbons (Fsp3) is 0.316. The summed E-state index contributed by atoms with van der Waals surface area (Å²) in [7, 11) is 0. The second-order valence-corrected chi connectivity index (χ2v) is 6.75. The Morgan fingerprint density at radius 1 is 1.12 bits per heavy atom. The van der Waals surface area contributed by atoms with Crippen LogP contribution in [0.4, 0.5) is 10.5 Å². The van der Waals surface area contributed by atoms with Gasteiger partial charge >= 0.3 is 6.09 Å². The number of carbonyl (C=O) groups excluding carboxylic acids is 2. The number of anilines is 1. The summed E-state index contributed by atoms with van der Waals surface area (Å²) in [4.78, 5) is 28.1. The van der Waals surface area contributed by atoms with Crippen LogP contribution in [0.25, 0.3) is 0 Å². The van der Waals surface area contributed by atoms with E-state index in [0.29, 0.717) is 11.3 Å². The zero-order valence-corrected chi connectivity index (χ0v) is 15.2. The van der Waals surface area contributed by atoms with E-state index < -0.39 is 17.7 Å². The number of aromatic nitrogens is 1. The van der Waals surface area contributed by atoms with Crippen molar-refractivity contribution in [2.75, 3.05) is 11.9 Å². The number of hydrogen-bond acceptors (Lipinski definition) is 5. The molecule has 0 radical (unpaired) electrons. The monoisotopic (exact) mass is 356 g/mol. The molecule has 138 valence electrons. The predicted molar refractivity (Wildman–Crippen MR) is 99.8 cm³/mol. The number of pyridine rings is 1. The van der Waals surface area contributed by atoms with Gasteiger partial charge in [0.15, 0.2) is 0 Å². The maximum Gasteiger partial charge on any atom is 0.408 e. The number of nitrogens with two attached hydrogens (primary N) is 1. The number of benzene rings is 1. The first kappa shape index (κ1) is 19.4. The summed E-state index contributed by atoms with van der Waals surface area (Å²) >= 11 is 0. The minimum Gasteiger partial charge on any atom is -0.444 e. The highest BCUT2D eigenvalue weighted by Gasteiger charge is 2.20. The van der Waals surface area contributed by atoms with Gasteiger partial charge in [-0.15, -0.1) is 0 Å². The first-order valence-electron chi connectivity index (χ1n) is 8.29. The van der Waals surface area contributed by atoms with Crippen LogP contribution in [0.3, 0.4) is 0 Å². The van der Waals surface area contributed by atoms with Crippen LogP contribution in [0.5, 0.6) is 0 Å². The maximum atomic E-state index is 12.3. The highest BCUT2D eigenvalue weighted by Crippen LogP contribution is 2.16. The van der Waals surface area contributed by atoms with E-state index in [2.05, 4.69) is 15.6 Å². The van der Waals surface area contributed by atoms with Gasteiger partial charge in [0, 0.05) is 30.2 Å². The highest BCUT2D eigenvalue weighted by molar-refractivity contribution is 6.04. The van der Waals surface area contributed by atoms with E-state index in [9.17, 15) is 9.59 Å². The van der Waals surface area contributed by atoms with Crippen molar-refractivity contribution in [3.8, 4) is 0 Å². The van der Waals surface area contributed by atoms with E-state index >= 15 is 0 Å². The Morgan fingerprint density at radius 3 is 2.27 bits per heavy atom. The van der Waals surface area contributed by atoms with Crippen molar-refractivity contribution in [1.82, 2.24) is 10.3 Å². The van der Waals surface area contributed by atoms with E-state index in [-0.39, 0.29) is 12.5 Å². The van der Waals surface area contributed by atoms with Gasteiger partial charge in [0.1, 0.15) is 5.60 Å². The molecule has 1 unspecified atom stereocenters. The van der Waals surface area contributed by atoms with Crippen molar-refractivity contribution in [3.05, 3.63) is 59.9 Å². The maximum absolute atomic E-state index is 12.3. The highest BCUT2D eigenvalue weighted by atomic mass is 16.6. The first-order valence-corrected chi connectivity index (χ1v) is 8.29. The van der Waals surface area contributed by atoms with Crippen LogP contribution in [0, 0.1) is 0 Å². The molecule has 7 heteroatoms. The Hall–Kier alpha value is -2.93. The van der Waals surface area contributed by atoms with Crippen molar-refractivity contribution in [2.24, 2.45) is 5.73 Å². The first-order chi connectivity index (χ1) is 12.3. The summed E-state index contributed by atoms with van der Waals surface area (Å²) in [6.45, 7) is 5.59. The Kier molecular flexibility index (Phi) is 6.30. The third-order valence-corrected chi connectivity index (χ3v) is 3.44. The molecule has 0 bridgehead atoms. The number of nitrogens with zero attached hydrogens (tertiary/aromatic N) is 1. The molecule has 7 nitrogen and oxygen atoms in total. The molecule has 0 saturated heterocycles. The topological polar surface area (TPSA) is 106 Å². The molecule has 1 heterocycles. The van der Waals surface area contributed by atoms with E-state index in [0.717, 1.165) is 5.56 Å². The lowest BCUT2D eigenvalue weighted by atomic mass is 10.0. The lowest BCUT2D eigenvalue weighted by Gasteiger charge is -2.23. The van der Waals surface area contributed by atoms with Gasteiger partial charge in [0.25, 0.3) is 5.91 Å². The van der Waals surface area contributed by atoms with E-state index in [4.69, 9.17) is 10.5 Å².